The molecule has 1 amide bonds. The van der Waals surface area contributed by atoms with Crippen molar-refractivity contribution >= 4 is 28.5 Å². The Morgan fingerprint density at radius 3 is 2.62 bits per heavy atom. The van der Waals surface area contributed by atoms with Crippen LogP contribution in [-0.2, 0) is 5.54 Å². The number of amides is 1. The summed E-state index contributed by atoms with van der Waals surface area (Å²) >= 11 is 5.86. The first kappa shape index (κ1) is 16.0. The largest absolute Gasteiger partial charge is 0.342 e. The van der Waals surface area contributed by atoms with E-state index in [1.54, 1.807) is 24.3 Å². The summed E-state index contributed by atoms with van der Waals surface area (Å²) in [7, 11) is 0. The minimum atomic E-state index is -0.590. The molecule has 0 fully saturated rings. The van der Waals surface area contributed by atoms with Crippen molar-refractivity contribution in [1.29, 1.82) is 5.26 Å². The molecule has 0 bridgehead atoms. The molecule has 24 heavy (non-hydrogen) atoms. The highest BCUT2D eigenvalue weighted by Crippen LogP contribution is 2.22. The van der Waals surface area contributed by atoms with Crippen LogP contribution >= 0.6 is 11.6 Å². The predicted molar refractivity (Wildman–Crippen MR) is 92.8 cm³/mol. The lowest BCUT2D eigenvalue weighted by molar-refractivity contribution is 0.0907. The van der Waals surface area contributed by atoms with E-state index in [2.05, 4.69) is 21.4 Å². The number of nitriles is 1. The highest BCUT2D eigenvalue weighted by molar-refractivity contribution is 6.29. The van der Waals surface area contributed by atoms with Gasteiger partial charge in [-0.25, -0.2) is 4.98 Å². The van der Waals surface area contributed by atoms with Crippen molar-refractivity contribution in [3.8, 4) is 6.07 Å². The van der Waals surface area contributed by atoms with E-state index < -0.39 is 5.54 Å². The van der Waals surface area contributed by atoms with E-state index >= 15 is 0 Å². The van der Waals surface area contributed by atoms with E-state index in [1.165, 1.54) is 0 Å². The lowest BCUT2D eigenvalue weighted by atomic mass is 9.93. The second kappa shape index (κ2) is 5.99. The van der Waals surface area contributed by atoms with Crippen LogP contribution in [0.25, 0.3) is 11.0 Å². The minimum Gasteiger partial charge on any atom is -0.342 e. The topological polar surface area (TPSA) is 81.6 Å². The Kier molecular flexibility index (Phi) is 4.00. The number of pyridine rings is 1. The number of hydrogen-bond acceptors (Lipinski definition) is 3. The smallest absolute Gasteiger partial charge is 0.268 e. The molecule has 120 valence electrons. The fourth-order valence-corrected chi connectivity index (χ4v) is 2.64. The van der Waals surface area contributed by atoms with Crippen LogP contribution in [0.1, 0.15) is 35.5 Å². The van der Waals surface area contributed by atoms with Gasteiger partial charge < -0.3 is 10.3 Å². The number of halogens is 1. The normalized spacial score (nSPS) is 11.2. The summed E-state index contributed by atoms with van der Waals surface area (Å²) < 4.78 is 0. The van der Waals surface area contributed by atoms with Crippen molar-refractivity contribution < 1.29 is 4.79 Å². The Morgan fingerprint density at radius 1 is 1.25 bits per heavy atom. The molecule has 2 heterocycles. The summed E-state index contributed by atoms with van der Waals surface area (Å²) in [5.74, 6) is -0.238. The van der Waals surface area contributed by atoms with E-state index in [-0.39, 0.29) is 5.91 Å². The van der Waals surface area contributed by atoms with Gasteiger partial charge in [-0.15, -0.1) is 0 Å². The van der Waals surface area contributed by atoms with Gasteiger partial charge in [0.05, 0.1) is 17.2 Å². The van der Waals surface area contributed by atoms with Gasteiger partial charge in [0.25, 0.3) is 5.91 Å². The number of benzene rings is 1. The molecule has 0 aliphatic carbocycles. The Hall–Kier alpha value is -2.84. The molecule has 6 heteroatoms. The number of nitrogens with one attached hydrogen (secondary N) is 2. The molecule has 0 aliphatic rings. The van der Waals surface area contributed by atoms with Gasteiger partial charge in [0, 0.05) is 5.39 Å². The summed E-state index contributed by atoms with van der Waals surface area (Å²) in [6.07, 6.45) is 0. The van der Waals surface area contributed by atoms with Crippen LogP contribution in [-0.4, -0.2) is 15.9 Å². The highest BCUT2D eigenvalue weighted by Gasteiger charge is 2.24. The van der Waals surface area contributed by atoms with Crippen LogP contribution in [0.2, 0.25) is 5.15 Å². The highest BCUT2D eigenvalue weighted by atomic mass is 35.5. The summed E-state index contributed by atoms with van der Waals surface area (Å²) in [6, 6.07) is 14.5. The number of H-pyrrole nitrogens is 1. The van der Waals surface area contributed by atoms with Crippen molar-refractivity contribution in [3.63, 3.8) is 0 Å². The maximum atomic E-state index is 12.6. The fraction of sp³-hybridized carbons (Fsp3) is 0.167. The Morgan fingerprint density at radius 2 is 1.96 bits per heavy atom. The third kappa shape index (κ3) is 3.10. The molecule has 0 aliphatic heterocycles. The number of aromatic amines is 1. The molecular weight excluding hydrogens is 324 g/mol. The van der Waals surface area contributed by atoms with Crippen molar-refractivity contribution in [2.24, 2.45) is 0 Å². The number of fused-ring (bicyclic) bond motifs is 1. The third-order valence-corrected chi connectivity index (χ3v) is 4.06. The number of hydrogen-bond donors (Lipinski definition) is 2. The van der Waals surface area contributed by atoms with Crippen LogP contribution in [0.3, 0.4) is 0 Å². The van der Waals surface area contributed by atoms with Crippen molar-refractivity contribution in [2.75, 3.05) is 0 Å². The van der Waals surface area contributed by atoms with E-state index in [1.807, 2.05) is 32.0 Å². The molecule has 2 aromatic heterocycles. The van der Waals surface area contributed by atoms with Gasteiger partial charge in [0.1, 0.15) is 16.5 Å². The quantitative estimate of drug-likeness (QED) is 0.713. The first-order valence-electron chi connectivity index (χ1n) is 7.37. The Bertz CT molecular complexity index is 951. The summed E-state index contributed by atoms with van der Waals surface area (Å²) in [4.78, 5) is 19.7. The van der Waals surface area contributed by atoms with Gasteiger partial charge in [-0.05, 0) is 49.7 Å². The van der Waals surface area contributed by atoms with Gasteiger partial charge >= 0.3 is 0 Å². The molecule has 3 rings (SSSR count). The van der Waals surface area contributed by atoms with Crippen LogP contribution in [0.4, 0.5) is 0 Å². The first-order chi connectivity index (χ1) is 11.4. The molecule has 0 unspecified atom stereocenters. The van der Waals surface area contributed by atoms with Gasteiger partial charge in [-0.3, -0.25) is 4.79 Å². The first-order valence-corrected chi connectivity index (χ1v) is 7.75. The van der Waals surface area contributed by atoms with Gasteiger partial charge in [0.15, 0.2) is 0 Å². The van der Waals surface area contributed by atoms with E-state index in [9.17, 15) is 4.79 Å². The van der Waals surface area contributed by atoms with Gasteiger partial charge in [-0.1, -0.05) is 23.7 Å². The minimum absolute atomic E-state index is 0.238. The maximum Gasteiger partial charge on any atom is 0.268 e. The number of nitrogens with zero attached hydrogens (tertiary/aromatic N) is 2. The second-order valence-electron chi connectivity index (χ2n) is 6.02. The average molecular weight is 339 g/mol. The summed E-state index contributed by atoms with van der Waals surface area (Å²) in [5.41, 5.74) is 1.89. The van der Waals surface area contributed by atoms with Crippen LogP contribution < -0.4 is 5.32 Å². The van der Waals surface area contributed by atoms with Gasteiger partial charge in [-0.2, -0.15) is 5.26 Å². The summed E-state index contributed by atoms with van der Waals surface area (Å²) in [5, 5.41) is 13.1. The van der Waals surface area contributed by atoms with Crippen molar-refractivity contribution in [2.45, 2.75) is 19.4 Å². The molecule has 0 saturated carbocycles. The molecule has 0 radical (unpaired) electrons. The standard InChI is InChI=1S/C18H15ClN4O/c1-18(2,13-6-3-11(10-20)4-7-13)23-17(24)14-9-12-5-8-15(19)22-16(12)21-14/h3-9H,1-2H3,(H,21,22)(H,23,24). The summed E-state index contributed by atoms with van der Waals surface area (Å²) in [6.45, 7) is 3.81. The molecular formula is C18H15ClN4O. The van der Waals surface area contributed by atoms with E-state index in [0.29, 0.717) is 22.1 Å². The maximum absolute atomic E-state index is 12.6. The van der Waals surface area contributed by atoms with Crippen LogP contribution in [0.15, 0.2) is 42.5 Å². The van der Waals surface area contributed by atoms with Crippen LogP contribution in [0.5, 0.6) is 0 Å². The van der Waals surface area contributed by atoms with Gasteiger partial charge in [0.2, 0.25) is 0 Å². The number of rotatable bonds is 3. The van der Waals surface area contributed by atoms with E-state index in [0.717, 1.165) is 10.9 Å². The number of carbonyl (C=O) groups is 1. The molecule has 1 aromatic carbocycles. The zero-order valence-electron chi connectivity index (χ0n) is 13.2. The predicted octanol–water partition coefficient (Wildman–Crippen LogP) is 3.75. The third-order valence-electron chi connectivity index (χ3n) is 3.85. The Balaban J connectivity index is 1.84. The van der Waals surface area contributed by atoms with Crippen LogP contribution in [0, 0.1) is 11.3 Å². The van der Waals surface area contributed by atoms with Crippen molar-refractivity contribution in [3.05, 3.63) is 64.4 Å². The average Bonchev–Trinajstić information content (AvgIpc) is 2.98. The molecule has 5 nitrogen and oxygen atoms in total. The SMILES string of the molecule is CC(C)(NC(=O)c1cc2ccc(Cl)nc2[nH]1)c1ccc(C#N)cc1. The Labute approximate surface area is 144 Å². The molecule has 3 aromatic rings. The number of aromatic nitrogens is 2. The fourth-order valence-electron chi connectivity index (χ4n) is 2.49. The lowest BCUT2D eigenvalue weighted by Gasteiger charge is -2.26. The zero-order chi connectivity index (χ0) is 17.3. The zero-order valence-corrected chi connectivity index (χ0v) is 14.0. The van der Waals surface area contributed by atoms with Crippen molar-refractivity contribution in [1.82, 2.24) is 15.3 Å². The van der Waals surface area contributed by atoms with E-state index in [4.69, 9.17) is 16.9 Å². The lowest BCUT2D eigenvalue weighted by Crippen LogP contribution is -2.41. The molecule has 0 saturated heterocycles. The molecule has 0 spiro atoms. The second-order valence-corrected chi connectivity index (χ2v) is 6.41. The molecule has 2 N–H and O–H groups in total. The molecule has 0 atom stereocenters. The monoisotopic (exact) mass is 338 g/mol. The number of carbonyl (C=O) groups excluding carboxylic acids is 1.